The van der Waals surface area contributed by atoms with Crippen LogP contribution < -0.4 is 0 Å². The van der Waals surface area contributed by atoms with E-state index in [4.69, 9.17) is 4.74 Å². The van der Waals surface area contributed by atoms with E-state index in [1.165, 1.54) is 6.07 Å². The van der Waals surface area contributed by atoms with E-state index in [0.717, 1.165) is 5.56 Å². The average molecular weight is 392 g/mol. The van der Waals surface area contributed by atoms with Gasteiger partial charge in [0.2, 0.25) is 5.91 Å². The first-order valence-electron chi connectivity index (χ1n) is 9.81. The van der Waals surface area contributed by atoms with Gasteiger partial charge in [0.1, 0.15) is 5.82 Å². The Balaban J connectivity index is 1.66. The molecule has 28 heavy (non-hydrogen) atoms. The molecule has 2 aliphatic heterocycles. The van der Waals surface area contributed by atoms with Gasteiger partial charge < -0.3 is 14.7 Å². The Bertz CT molecular complexity index is 731. The number of carbonyl (C=O) groups is 2. The van der Waals surface area contributed by atoms with Gasteiger partial charge in [-0.1, -0.05) is 12.1 Å². The van der Waals surface area contributed by atoms with Crippen molar-refractivity contribution in [1.82, 2.24) is 9.80 Å². The Morgan fingerprint density at radius 1 is 1.32 bits per heavy atom. The number of methoxy groups -OCH3 is 1. The topological polar surface area (TPSA) is 70.1 Å². The minimum absolute atomic E-state index is 0.0696. The fourth-order valence-corrected chi connectivity index (χ4v) is 4.65. The summed E-state index contributed by atoms with van der Waals surface area (Å²) in [4.78, 5) is 28.2. The number of likely N-dealkylation sites (tertiary alicyclic amines) is 2. The van der Waals surface area contributed by atoms with E-state index < -0.39 is 11.9 Å². The molecule has 6 nitrogen and oxygen atoms in total. The molecule has 1 N–H and O–H groups in total. The van der Waals surface area contributed by atoms with Gasteiger partial charge in [-0.05, 0) is 37.0 Å². The summed E-state index contributed by atoms with van der Waals surface area (Å²) in [6, 6.07) is 5.06. The van der Waals surface area contributed by atoms with Gasteiger partial charge in [-0.25, -0.2) is 4.39 Å². The molecule has 1 spiro atoms. The molecule has 0 bridgehead atoms. The fourth-order valence-electron chi connectivity index (χ4n) is 4.65. The predicted molar refractivity (Wildman–Crippen MR) is 102 cm³/mol. The van der Waals surface area contributed by atoms with Gasteiger partial charge in [-0.15, -0.1) is 0 Å². The molecule has 3 rings (SSSR count). The van der Waals surface area contributed by atoms with E-state index in [-0.39, 0.29) is 17.1 Å². The Labute approximate surface area is 165 Å². The molecule has 0 saturated carbocycles. The van der Waals surface area contributed by atoms with E-state index in [9.17, 15) is 19.1 Å². The maximum atomic E-state index is 13.5. The lowest BCUT2D eigenvalue weighted by Gasteiger charge is -2.41. The average Bonchev–Trinajstić information content (AvgIpc) is 3.01. The van der Waals surface area contributed by atoms with Crippen molar-refractivity contribution in [2.75, 3.05) is 39.9 Å². The lowest BCUT2D eigenvalue weighted by Crippen LogP contribution is -2.48. The van der Waals surface area contributed by atoms with Crippen molar-refractivity contribution < 1.29 is 23.8 Å². The first-order chi connectivity index (χ1) is 13.3. The number of nitrogens with zero attached hydrogens (tertiary/aromatic N) is 2. The molecule has 1 unspecified atom stereocenters. The molecule has 7 heteroatoms. The number of hydrogen-bond acceptors (Lipinski definition) is 4. The summed E-state index contributed by atoms with van der Waals surface area (Å²) >= 11 is 0. The van der Waals surface area contributed by atoms with Crippen LogP contribution in [0.5, 0.6) is 0 Å². The van der Waals surface area contributed by atoms with Crippen molar-refractivity contribution in [3.63, 3.8) is 0 Å². The highest BCUT2D eigenvalue weighted by molar-refractivity contribution is 5.76. The number of carboxylic acids is 1. The zero-order valence-electron chi connectivity index (χ0n) is 16.6. The number of hydrogen-bond donors (Lipinski definition) is 1. The van der Waals surface area contributed by atoms with Crippen molar-refractivity contribution in [2.45, 2.75) is 32.7 Å². The number of carboxylic acid groups (broad SMARTS) is 1. The van der Waals surface area contributed by atoms with Crippen LogP contribution in [0, 0.1) is 24.1 Å². The number of amides is 1. The van der Waals surface area contributed by atoms with Crippen LogP contribution in [0.15, 0.2) is 18.2 Å². The van der Waals surface area contributed by atoms with Crippen molar-refractivity contribution in [3.8, 4) is 0 Å². The summed E-state index contributed by atoms with van der Waals surface area (Å²) in [5.41, 5.74) is 1.29. The normalized spacial score (nSPS) is 22.0. The molecule has 0 aromatic heterocycles. The van der Waals surface area contributed by atoms with E-state index in [0.29, 0.717) is 64.2 Å². The summed E-state index contributed by atoms with van der Waals surface area (Å²) in [7, 11) is 1.58. The van der Waals surface area contributed by atoms with E-state index in [1.54, 1.807) is 20.1 Å². The summed E-state index contributed by atoms with van der Waals surface area (Å²) in [5, 5.41) is 9.81. The first kappa shape index (κ1) is 20.7. The third-order valence-corrected chi connectivity index (χ3v) is 6.28. The van der Waals surface area contributed by atoms with Crippen LogP contribution in [-0.2, 0) is 20.9 Å². The summed E-state index contributed by atoms with van der Waals surface area (Å²) in [6.45, 7) is 5.13. The Hall–Kier alpha value is -1.99. The number of rotatable bonds is 6. The molecular weight excluding hydrogens is 363 g/mol. The second-order valence-electron chi connectivity index (χ2n) is 8.13. The molecular formula is C21H29FN2O4. The van der Waals surface area contributed by atoms with Crippen LogP contribution in [0.2, 0.25) is 0 Å². The van der Waals surface area contributed by atoms with Crippen molar-refractivity contribution in [2.24, 2.45) is 11.3 Å². The smallest absolute Gasteiger partial charge is 0.308 e. The number of halogens is 1. The van der Waals surface area contributed by atoms with Crippen LogP contribution in [0.25, 0.3) is 0 Å². The highest BCUT2D eigenvalue weighted by atomic mass is 19.1. The molecule has 0 aliphatic carbocycles. The van der Waals surface area contributed by atoms with Gasteiger partial charge in [-0.3, -0.25) is 14.5 Å². The maximum absolute atomic E-state index is 13.5. The second kappa shape index (κ2) is 8.57. The number of piperidine rings is 1. The SMILES string of the molecule is COCCC(=O)N1CCC2(CC1)CN(Cc1ccc(F)c(C)c1)CC2C(=O)O. The quantitative estimate of drug-likeness (QED) is 0.804. The van der Waals surface area contributed by atoms with Crippen LogP contribution in [-0.4, -0.2) is 66.7 Å². The van der Waals surface area contributed by atoms with E-state index in [1.807, 2.05) is 11.0 Å². The highest BCUT2D eigenvalue weighted by Crippen LogP contribution is 2.45. The Kier molecular flexibility index (Phi) is 6.35. The molecule has 1 atom stereocenters. The minimum Gasteiger partial charge on any atom is -0.481 e. The molecule has 2 aliphatic rings. The largest absolute Gasteiger partial charge is 0.481 e. The number of ether oxygens (including phenoxy) is 1. The maximum Gasteiger partial charge on any atom is 0.308 e. The zero-order chi connectivity index (χ0) is 20.3. The van der Waals surface area contributed by atoms with Gasteiger partial charge in [-0.2, -0.15) is 0 Å². The Morgan fingerprint density at radius 3 is 2.64 bits per heavy atom. The lowest BCUT2D eigenvalue weighted by molar-refractivity contribution is -0.146. The molecule has 1 aromatic carbocycles. The highest BCUT2D eigenvalue weighted by Gasteiger charge is 2.51. The van der Waals surface area contributed by atoms with E-state index in [2.05, 4.69) is 4.90 Å². The van der Waals surface area contributed by atoms with Crippen molar-refractivity contribution in [1.29, 1.82) is 0 Å². The predicted octanol–water partition coefficient (Wildman–Crippen LogP) is 2.30. The number of carbonyl (C=O) groups excluding carboxylic acids is 1. The molecule has 2 heterocycles. The van der Waals surface area contributed by atoms with Gasteiger partial charge in [0.25, 0.3) is 0 Å². The monoisotopic (exact) mass is 392 g/mol. The third kappa shape index (κ3) is 4.36. The molecule has 2 saturated heterocycles. The van der Waals surface area contributed by atoms with Crippen LogP contribution >= 0.6 is 0 Å². The van der Waals surface area contributed by atoms with Crippen LogP contribution in [0.3, 0.4) is 0 Å². The van der Waals surface area contributed by atoms with Crippen molar-refractivity contribution >= 4 is 11.9 Å². The van der Waals surface area contributed by atoms with Gasteiger partial charge in [0, 0.05) is 45.2 Å². The molecule has 1 amide bonds. The fraction of sp³-hybridized carbons (Fsp3) is 0.619. The summed E-state index contributed by atoms with van der Waals surface area (Å²) < 4.78 is 18.5. The van der Waals surface area contributed by atoms with Crippen LogP contribution in [0.1, 0.15) is 30.4 Å². The lowest BCUT2D eigenvalue weighted by atomic mass is 9.71. The number of aryl methyl sites for hydroxylation is 1. The van der Waals surface area contributed by atoms with Gasteiger partial charge in [0.05, 0.1) is 18.9 Å². The molecule has 0 radical (unpaired) electrons. The number of aliphatic carboxylic acids is 1. The summed E-state index contributed by atoms with van der Waals surface area (Å²) in [5.74, 6) is -1.36. The molecule has 2 fully saturated rings. The Morgan fingerprint density at radius 2 is 2.04 bits per heavy atom. The minimum atomic E-state index is -0.767. The van der Waals surface area contributed by atoms with Gasteiger partial charge in [0.15, 0.2) is 0 Å². The standard InChI is InChI=1S/C21H29FN2O4/c1-15-11-16(3-4-18(15)22)12-23-13-17(20(26)27)21(14-23)6-8-24(9-7-21)19(25)5-10-28-2/h3-4,11,17H,5-10,12-14H2,1-2H3,(H,26,27). The zero-order valence-corrected chi connectivity index (χ0v) is 16.6. The summed E-state index contributed by atoms with van der Waals surface area (Å²) in [6.07, 6.45) is 1.76. The second-order valence-corrected chi connectivity index (χ2v) is 8.13. The molecule has 1 aromatic rings. The van der Waals surface area contributed by atoms with Gasteiger partial charge >= 0.3 is 5.97 Å². The number of benzene rings is 1. The molecule has 154 valence electrons. The van der Waals surface area contributed by atoms with E-state index >= 15 is 0 Å². The van der Waals surface area contributed by atoms with Crippen LogP contribution in [0.4, 0.5) is 4.39 Å². The first-order valence-corrected chi connectivity index (χ1v) is 9.81. The third-order valence-electron chi connectivity index (χ3n) is 6.28. The van der Waals surface area contributed by atoms with Crippen molar-refractivity contribution in [3.05, 3.63) is 35.1 Å².